The van der Waals surface area contributed by atoms with Crippen LogP contribution in [0.15, 0.2) is 30.3 Å². The van der Waals surface area contributed by atoms with Crippen LogP contribution in [0, 0.1) is 0 Å². The van der Waals surface area contributed by atoms with Gasteiger partial charge in [0.05, 0.1) is 18.4 Å². The van der Waals surface area contributed by atoms with Crippen molar-refractivity contribution in [2.45, 2.75) is 55.0 Å². The van der Waals surface area contributed by atoms with Crippen LogP contribution in [0.1, 0.15) is 44.8 Å². The molecule has 0 aromatic heterocycles. The summed E-state index contributed by atoms with van der Waals surface area (Å²) in [6, 6.07) is 10.8. The number of likely N-dealkylation sites (tertiary alicyclic amines) is 1. The SMILES string of the molecule is CCOC1CNCC(OCC)C1(I)NC(c1ccccc1)N1CCCCC1. The summed E-state index contributed by atoms with van der Waals surface area (Å²) in [5.41, 5.74) is 1.32. The van der Waals surface area contributed by atoms with Gasteiger partial charge in [-0.25, -0.2) is 0 Å². The molecule has 0 radical (unpaired) electrons. The molecule has 3 atom stereocenters. The van der Waals surface area contributed by atoms with E-state index in [0.29, 0.717) is 13.2 Å². The number of hydrogen-bond acceptors (Lipinski definition) is 5. The van der Waals surface area contributed by atoms with E-state index in [-0.39, 0.29) is 21.9 Å². The molecule has 2 aliphatic rings. The van der Waals surface area contributed by atoms with Gasteiger partial charge in [-0.3, -0.25) is 10.2 Å². The van der Waals surface area contributed by atoms with Crippen molar-refractivity contribution in [1.29, 1.82) is 0 Å². The van der Waals surface area contributed by atoms with E-state index in [9.17, 15) is 0 Å². The molecular formula is C21H34IN3O2. The third-order valence-electron chi connectivity index (χ3n) is 5.56. The van der Waals surface area contributed by atoms with E-state index in [1.54, 1.807) is 0 Å². The Morgan fingerprint density at radius 1 is 1.07 bits per heavy atom. The van der Waals surface area contributed by atoms with Crippen molar-refractivity contribution in [3.8, 4) is 0 Å². The monoisotopic (exact) mass is 487 g/mol. The van der Waals surface area contributed by atoms with Crippen LogP contribution in [-0.2, 0) is 9.47 Å². The molecule has 2 saturated heterocycles. The molecule has 2 N–H and O–H groups in total. The first-order valence-electron chi connectivity index (χ1n) is 10.4. The van der Waals surface area contributed by atoms with Gasteiger partial charge in [0.15, 0.2) is 0 Å². The van der Waals surface area contributed by atoms with Crippen molar-refractivity contribution < 1.29 is 9.47 Å². The predicted molar refractivity (Wildman–Crippen MR) is 118 cm³/mol. The van der Waals surface area contributed by atoms with Crippen molar-refractivity contribution in [2.75, 3.05) is 39.4 Å². The lowest BCUT2D eigenvalue weighted by Gasteiger charge is -2.49. The summed E-state index contributed by atoms with van der Waals surface area (Å²) in [5.74, 6) is 0. The number of rotatable bonds is 8. The summed E-state index contributed by atoms with van der Waals surface area (Å²) in [4.78, 5) is 2.59. The maximum Gasteiger partial charge on any atom is 0.127 e. The summed E-state index contributed by atoms with van der Waals surface area (Å²) in [7, 11) is 0. The molecule has 1 aromatic rings. The van der Waals surface area contributed by atoms with Gasteiger partial charge < -0.3 is 14.8 Å². The minimum atomic E-state index is -0.285. The molecule has 2 fully saturated rings. The second-order valence-electron chi connectivity index (χ2n) is 7.37. The summed E-state index contributed by atoms with van der Waals surface area (Å²) in [6.45, 7) is 9.51. The van der Waals surface area contributed by atoms with E-state index in [1.807, 2.05) is 0 Å². The fourth-order valence-corrected chi connectivity index (χ4v) is 5.30. The molecule has 0 amide bonds. The molecule has 0 spiro atoms. The molecule has 0 bridgehead atoms. The van der Waals surface area contributed by atoms with Crippen LogP contribution in [0.5, 0.6) is 0 Å². The molecule has 3 unspecified atom stereocenters. The first-order chi connectivity index (χ1) is 13.2. The van der Waals surface area contributed by atoms with E-state index in [4.69, 9.17) is 9.47 Å². The Morgan fingerprint density at radius 2 is 1.67 bits per heavy atom. The molecule has 1 aromatic carbocycles. The topological polar surface area (TPSA) is 45.8 Å². The van der Waals surface area contributed by atoms with Gasteiger partial charge in [0, 0.05) is 26.3 Å². The Bertz CT molecular complexity index is 536. The molecule has 152 valence electrons. The highest BCUT2D eigenvalue weighted by Gasteiger charge is 2.49. The summed E-state index contributed by atoms with van der Waals surface area (Å²) in [6.07, 6.45) is 4.16. The zero-order valence-electron chi connectivity index (χ0n) is 16.6. The van der Waals surface area contributed by atoms with E-state index in [2.05, 4.69) is 82.3 Å². The van der Waals surface area contributed by atoms with Gasteiger partial charge in [-0.15, -0.1) is 0 Å². The summed E-state index contributed by atoms with van der Waals surface area (Å²) < 4.78 is 12.1. The van der Waals surface area contributed by atoms with Crippen molar-refractivity contribution in [3.05, 3.63) is 35.9 Å². The lowest BCUT2D eigenvalue weighted by molar-refractivity contribution is -0.0751. The minimum Gasteiger partial charge on any atom is -0.374 e. The number of ether oxygens (including phenoxy) is 2. The van der Waals surface area contributed by atoms with E-state index < -0.39 is 0 Å². The molecular weight excluding hydrogens is 453 g/mol. The molecule has 0 saturated carbocycles. The largest absolute Gasteiger partial charge is 0.374 e. The highest BCUT2D eigenvalue weighted by atomic mass is 127. The van der Waals surface area contributed by atoms with Crippen LogP contribution in [0.25, 0.3) is 0 Å². The Labute approximate surface area is 177 Å². The van der Waals surface area contributed by atoms with Gasteiger partial charge in [-0.2, -0.15) is 0 Å². The van der Waals surface area contributed by atoms with E-state index >= 15 is 0 Å². The van der Waals surface area contributed by atoms with Crippen molar-refractivity contribution in [2.24, 2.45) is 0 Å². The number of halogens is 1. The fourth-order valence-electron chi connectivity index (χ4n) is 4.21. The third-order valence-corrected chi connectivity index (χ3v) is 7.26. The zero-order valence-corrected chi connectivity index (χ0v) is 18.8. The zero-order chi connectivity index (χ0) is 19.1. The van der Waals surface area contributed by atoms with Crippen LogP contribution in [0.3, 0.4) is 0 Å². The maximum atomic E-state index is 6.17. The van der Waals surface area contributed by atoms with Crippen molar-refractivity contribution in [1.82, 2.24) is 15.5 Å². The summed E-state index contributed by atoms with van der Waals surface area (Å²) in [5, 5.41) is 7.50. The van der Waals surface area contributed by atoms with Crippen molar-refractivity contribution >= 4 is 22.6 Å². The van der Waals surface area contributed by atoms with E-state index in [1.165, 1.54) is 24.8 Å². The Hall–Kier alpha value is -0.250. The number of piperidine rings is 2. The first-order valence-corrected chi connectivity index (χ1v) is 11.5. The van der Waals surface area contributed by atoms with Gasteiger partial charge >= 0.3 is 0 Å². The van der Waals surface area contributed by atoms with Gasteiger partial charge in [0.2, 0.25) is 0 Å². The van der Waals surface area contributed by atoms with Crippen LogP contribution < -0.4 is 10.6 Å². The van der Waals surface area contributed by atoms with Gasteiger partial charge in [0.25, 0.3) is 0 Å². The first kappa shape index (κ1) is 21.5. The van der Waals surface area contributed by atoms with Gasteiger partial charge in [-0.1, -0.05) is 59.3 Å². The van der Waals surface area contributed by atoms with Crippen molar-refractivity contribution in [3.63, 3.8) is 0 Å². The van der Waals surface area contributed by atoms with Gasteiger partial charge in [0.1, 0.15) is 3.55 Å². The number of alkyl halides is 1. The lowest BCUT2D eigenvalue weighted by atomic mass is 9.97. The van der Waals surface area contributed by atoms with Crippen LogP contribution >= 0.6 is 22.6 Å². The Kier molecular flexibility index (Phi) is 8.35. The Morgan fingerprint density at radius 3 is 2.22 bits per heavy atom. The average Bonchev–Trinajstić information content (AvgIpc) is 2.71. The number of benzene rings is 1. The van der Waals surface area contributed by atoms with Crippen LogP contribution in [0.2, 0.25) is 0 Å². The molecule has 6 heteroatoms. The smallest absolute Gasteiger partial charge is 0.127 e. The standard InChI is InChI=1S/C21H34IN3O2/c1-3-26-18-15-23-16-19(27-4-2)21(18,22)24-20(17-11-7-5-8-12-17)25-13-9-6-10-14-25/h5,7-8,11-12,18-20,23-24H,3-4,6,9-10,13-16H2,1-2H3. The number of nitrogens with one attached hydrogen (secondary N) is 2. The molecule has 0 aliphatic carbocycles. The summed E-state index contributed by atoms with van der Waals surface area (Å²) >= 11 is 2.57. The fraction of sp³-hybridized carbons (Fsp3) is 0.714. The van der Waals surface area contributed by atoms with Crippen LogP contribution in [0.4, 0.5) is 0 Å². The number of hydrogen-bond donors (Lipinski definition) is 2. The Balaban J connectivity index is 1.89. The second kappa shape index (κ2) is 10.5. The molecule has 2 aliphatic heterocycles. The quantitative estimate of drug-likeness (QED) is 0.335. The average molecular weight is 487 g/mol. The molecule has 3 rings (SSSR count). The number of nitrogens with zero attached hydrogens (tertiary/aromatic N) is 1. The third kappa shape index (κ3) is 5.22. The predicted octanol–water partition coefficient (Wildman–Crippen LogP) is 3.31. The van der Waals surface area contributed by atoms with Gasteiger partial charge in [-0.05, 0) is 45.3 Å². The minimum absolute atomic E-state index is 0.0596. The van der Waals surface area contributed by atoms with E-state index in [0.717, 1.165) is 26.2 Å². The lowest BCUT2D eigenvalue weighted by Crippen LogP contribution is -2.69. The molecule has 2 heterocycles. The highest BCUT2D eigenvalue weighted by Crippen LogP contribution is 2.36. The highest BCUT2D eigenvalue weighted by molar-refractivity contribution is 14.1. The molecule has 5 nitrogen and oxygen atoms in total. The molecule has 27 heavy (non-hydrogen) atoms. The normalized spacial score (nSPS) is 30.9. The van der Waals surface area contributed by atoms with Crippen LogP contribution in [-0.4, -0.2) is 60.0 Å². The second-order valence-corrected chi connectivity index (χ2v) is 9.15. The maximum absolute atomic E-state index is 6.17.